The van der Waals surface area contributed by atoms with Crippen molar-refractivity contribution >= 4 is 5.97 Å². The molecule has 0 unspecified atom stereocenters. The van der Waals surface area contributed by atoms with Crippen molar-refractivity contribution in [3.8, 4) is 0 Å². The Morgan fingerprint density at radius 2 is 1.45 bits per heavy atom. The molecule has 0 aromatic heterocycles. The molecule has 1 N–H and O–H groups in total. The summed E-state index contributed by atoms with van der Waals surface area (Å²) in [4.78, 5) is 12.2. The van der Waals surface area contributed by atoms with Crippen LogP contribution in [-0.4, -0.2) is 42.6 Å². The van der Waals surface area contributed by atoms with Gasteiger partial charge in [0.25, 0.3) is 0 Å². The second-order valence-corrected chi connectivity index (χ2v) is 13.7. The number of benzene rings is 3. The molecule has 5 nitrogen and oxygen atoms in total. The van der Waals surface area contributed by atoms with Crippen LogP contribution in [0.4, 0.5) is 0 Å². The number of hydrogen-bond acceptors (Lipinski definition) is 5. The van der Waals surface area contributed by atoms with Crippen LogP contribution in [0.2, 0.25) is 0 Å². The standard InChI is InChI=1S/C39H42O5/c1-36-23-21-34(40)37(2,32(36)20-24-38(27-43-38)33(36)19-18-28-22-25-42-35(28)41)26-44-39(29-12-6-3-7-13-29,30-14-8-4-9-15-30)31-16-10-5-11-17-31/h3-19,22,32-34,40H,20-21,23-27H2,1-2H3/b19-18+/t32-,33-,34+,36+,37-,38+/m0/s1. The lowest BCUT2D eigenvalue weighted by Crippen LogP contribution is -2.60. The average molecular weight is 591 g/mol. The molecule has 3 aromatic carbocycles. The normalized spacial score (nSPS) is 33.2. The van der Waals surface area contributed by atoms with E-state index in [0.717, 1.165) is 42.6 Å². The fourth-order valence-corrected chi connectivity index (χ4v) is 8.86. The molecule has 44 heavy (non-hydrogen) atoms. The van der Waals surface area contributed by atoms with Crippen molar-refractivity contribution in [2.24, 2.45) is 22.7 Å². The number of carbonyl (C=O) groups is 1. The van der Waals surface area contributed by atoms with Crippen LogP contribution in [0.25, 0.3) is 0 Å². The Morgan fingerprint density at radius 1 is 0.886 bits per heavy atom. The summed E-state index contributed by atoms with van der Waals surface area (Å²) in [5.41, 5.74) is 2.08. The third-order valence-corrected chi connectivity index (χ3v) is 11.3. The number of aliphatic hydroxyl groups excluding tert-OH is 1. The molecular weight excluding hydrogens is 548 g/mol. The Bertz CT molecular complexity index is 1450. The van der Waals surface area contributed by atoms with Crippen molar-refractivity contribution in [1.29, 1.82) is 0 Å². The summed E-state index contributed by atoms with van der Waals surface area (Å²) in [7, 11) is 0. The van der Waals surface area contributed by atoms with Gasteiger partial charge in [-0.15, -0.1) is 0 Å². The van der Waals surface area contributed by atoms with Crippen molar-refractivity contribution in [3.63, 3.8) is 0 Å². The minimum absolute atomic E-state index is 0.122. The van der Waals surface area contributed by atoms with Gasteiger partial charge in [-0.1, -0.05) is 117 Å². The SMILES string of the molecule is C[C@]1(COC(c2ccccc2)(c2ccccc2)c2ccccc2)[C@H]2CC[C@@]3(CO3)[C@@H](/C=C/C3=CCOC3=O)[C@]2(C)CC[C@H]1O. The number of hydrogen-bond donors (Lipinski definition) is 1. The molecule has 0 radical (unpaired) electrons. The van der Waals surface area contributed by atoms with Crippen molar-refractivity contribution in [2.75, 3.05) is 19.8 Å². The van der Waals surface area contributed by atoms with Crippen molar-refractivity contribution < 1.29 is 24.1 Å². The first-order chi connectivity index (χ1) is 21.3. The number of aliphatic hydroxyl groups is 1. The Kier molecular flexibility index (Phi) is 7.39. The minimum atomic E-state index is -0.857. The predicted molar refractivity (Wildman–Crippen MR) is 170 cm³/mol. The number of cyclic esters (lactones) is 1. The summed E-state index contributed by atoms with van der Waals surface area (Å²) in [6.07, 6.45) is 8.95. The molecular formula is C39H42O5. The van der Waals surface area contributed by atoms with Gasteiger partial charge in [0.2, 0.25) is 0 Å². The first kappa shape index (κ1) is 29.2. The summed E-state index contributed by atoms with van der Waals surface area (Å²) < 4.78 is 18.7. The third kappa shape index (κ3) is 4.68. The van der Waals surface area contributed by atoms with Crippen LogP contribution in [-0.2, 0) is 24.6 Å². The van der Waals surface area contributed by atoms with E-state index in [-0.39, 0.29) is 28.8 Å². The molecule has 2 aliphatic heterocycles. The zero-order chi connectivity index (χ0) is 30.4. The highest BCUT2D eigenvalue weighted by molar-refractivity contribution is 5.93. The summed E-state index contributed by atoms with van der Waals surface area (Å²) in [5.74, 6) is 0.0469. The van der Waals surface area contributed by atoms with Crippen LogP contribution in [0.5, 0.6) is 0 Å². The lowest BCUT2D eigenvalue weighted by Gasteiger charge is -2.61. The van der Waals surface area contributed by atoms with Gasteiger partial charge in [-0.2, -0.15) is 0 Å². The zero-order valence-corrected chi connectivity index (χ0v) is 25.7. The van der Waals surface area contributed by atoms with Crippen LogP contribution in [0.3, 0.4) is 0 Å². The average Bonchev–Trinajstić information content (AvgIpc) is 3.71. The number of fused-ring (bicyclic) bond motifs is 1. The van der Waals surface area contributed by atoms with Gasteiger partial charge < -0.3 is 19.3 Å². The van der Waals surface area contributed by atoms with Gasteiger partial charge in [-0.25, -0.2) is 4.79 Å². The lowest BCUT2D eigenvalue weighted by molar-refractivity contribution is -0.187. The van der Waals surface area contributed by atoms with E-state index >= 15 is 0 Å². The van der Waals surface area contributed by atoms with E-state index < -0.39 is 17.1 Å². The second kappa shape index (κ2) is 11.1. The van der Waals surface area contributed by atoms with E-state index in [1.165, 1.54) is 0 Å². The maximum absolute atomic E-state index is 12.2. The second-order valence-electron chi connectivity index (χ2n) is 13.7. The molecule has 1 saturated heterocycles. The number of epoxide rings is 1. The van der Waals surface area contributed by atoms with E-state index in [9.17, 15) is 9.90 Å². The van der Waals surface area contributed by atoms with Gasteiger partial charge in [-0.3, -0.25) is 0 Å². The highest BCUT2D eigenvalue weighted by Crippen LogP contribution is 2.66. The van der Waals surface area contributed by atoms with E-state index in [4.69, 9.17) is 14.2 Å². The quantitative estimate of drug-likeness (QED) is 0.174. The molecule has 5 heteroatoms. The van der Waals surface area contributed by atoms with Crippen molar-refractivity contribution in [3.05, 3.63) is 131 Å². The van der Waals surface area contributed by atoms with Gasteiger partial charge in [0.1, 0.15) is 12.2 Å². The minimum Gasteiger partial charge on any atom is -0.458 e. The maximum atomic E-state index is 12.2. The largest absolute Gasteiger partial charge is 0.458 e. The van der Waals surface area contributed by atoms with Crippen LogP contribution >= 0.6 is 0 Å². The van der Waals surface area contributed by atoms with E-state index in [1.54, 1.807) is 0 Å². The Morgan fingerprint density at radius 3 is 1.95 bits per heavy atom. The number of esters is 1. The molecule has 6 atom stereocenters. The highest BCUT2D eigenvalue weighted by Gasteiger charge is 2.67. The van der Waals surface area contributed by atoms with E-state index in [2.05, 4.69) is 92.7 Å². The summed E-state index contributed by atoms with van der Waals surface area (Å²) in [6.45, 7) is 6.06. The van der Waals surface area contributed by atoms with Gasteiger partial charge in [0, 0.05) is 11.3 Å². The third-order valence-electron chi connectivity index (χ3n) is 11.3. The molecule has 1 spiro atoms. The molecule has 2 heterocycles. The van der Waals surface area contributed by atoms with Crippen LogP contribution in [0.1, 0.15) is 56.2 Å². The van der Waals surface area contributed by atoms with Gasteiger partial charge in [0.05, 0.1) is 30.5 Å². The molecule has 0 amide bonds. The fraction of sp³-hybridized carbons (Fsp3) is 0.410. The van der Waals surface area contributed by atoms with Crippen LogP contribution in [0.15, 0.2) is 115 Å². The molecule has 0 bridgehead atoms. The zero-order valence-electron chi connectivity index (χ0n) is 25.7. The number of carbonyl (C=O) groups excluding carboxylic acids is 1. The lowest BCUT2D eigenvalue weighted by atomic mass is 9.45. The van der Waals surface area contributed by atoms with E-state index in [1.807, 2.05) is 30.4 Å². The Balaban J connectivity index is 1.28. The van der Waals surface area contributed by atoms with Crippen molar-refractivity contribution in [2.45, 2.75) is 56.8 Å². The summed E-state index contributed by atoms with van der Waals surface area (Å²) in [6, 6.07) is 31.3. The van der Waals surface area contributed by atoms with E-state index in [0.29, 0.717) is 25.2 Å². The predicted octanol–water partition coefficient (Wildman–Crippen LogP) is 7.00. The Hall–Kier alpha value is -3.51. The maximum Gasteiger partial charge on any atom is 0.338 e. The van der Waals surface area contributed by atoms with Gasteiger partial charge in [0.15, 0.2) is 0 Å². The van der Waals surface area contributed by atoms with Crippen LogP contribution < -0.4 is 0 Å². The molecule has 3 aromatic rings. The van der Waals surface area contributed by atoms with Crippen LogP contribution in [0, 0.1) is 22.7 Å². The first-order valence-corrected chi connectivity index (χ1v) is 16.0. The monoisotopic (exact) mass is 590 g/mol. The topological polar surface area (TPSA) is 68.3 Å². The molecule has 7 rings (SSSR count). The Labute approximate surface area is 260 Å². The van der Waals surface area contributed by atoms with Gasteiger partial charge in [-0.05, 0) is 59.8 Å². The highest BCUT2D eigenvalue weighted by atomic mass is 16.6. The smallest absolute Gasteiger partial charge is 0.338 e. The van der Waals surface area contributed by atoms with Gasteiger partial charge >= 0.3 is 5.97 Å². The number of ether oxygens (including phenoxy) is 3. The molecule has 3 fully saturated rings. The molecule has 228 valence electrons. The molecule has 4 aliphatic rings. The molecule has 2 saturated carbocycles. The molecule has 2 aliphatic carbocycles. The first-order valence-electron chi connectivity index (χ1n) is 16.0. The summed E-state index contributed by atoms with van der Waals surface area (Å²) >= 11 is 0. The number of rotatable bonds is 8. The summed E-state index contributed by atoms with van der Waals surface area (Å²) in [5, 5.41) is 11.9. The fourth-order valence-electron chi connectivity index (χ4n) is 8.86. The van der Waals surface area contributed by atoms with Crippen molar-refractivity contribution in [1.82, 2.24) is 0 Å².